The number of likely N-dealkylation sites (tertiary alicyclic amines) is 1. The van der Waals surface area contributed by atoms with Gasteiger partial charge in [0.1, 0.15) is 12.2 Å². The number of amides is 1. The Morgan fingerprint density at radius 3 is 2.65 bits per heavy atom. The van der Waals surface area contributed by atoms with Gasteiger partial charge >= 0.3 is 12.1 Å². The maximum atomic E-state index is 12.3. The highest BCUT2D eigenvalue weighted by atomic mass is 16.6. The number of ether oxygens (including phenoxy) is 2. The maximum Gasteiger partial charge on any atom is 0.410 e. The lowest BCUT2D eigenvalue weighted by atomic mass is 10.2. The first-order valence-corrected chi connectivity index (χ1v) is 9.25. The normalized spacial score (nSPS) is 17.2. The molecule has 0 unspecified atom stereocenters. The van der Waals surface area contributed by atoms with E-state index in [0.29, 0.717) is 26.1 Å². The molecule has 0 bridgehead atoms. The van der Waals surface area contributed by atoms with Gasteiger partial charge in [-0.15, -0.1) is 0 Å². The zero-order valence-electron chi connectivity index (χ0n) is 16.0. The van der Waals surface area contributed by atoms with Crippen LogP contribution in [0.1, 0.15) is 45.6 Å². The maximum absolute atomic E-state index is 12.3. The van der Waals surface area contributed by atoms with Crippen LogP contribution in [-0.4, -0.2) is 48.2 Å². The Hall–Kier alpha value is -2.08. The molecule has 6 nitrogen and oxygen atoms in total. The molecule has 6 heteroatoms. The molecule has 1 aliphatic heterocycles. The van der Waals surface area contributed by atoms with Crippen molar-refractivity contribution in [2.24, 2.45) is 0 Å². The number of rotatable bonds is 7. The highest BCUT2D eigenvalue weighted by molar-refractivity contribution is 5.70. The summed E-state index contributed by atoms with van der Waals surface area (Å²) < 4.78 is 10.7. The lowest BCUT2D eigenvalue weighted by Crippen LogP contribution is -2.42. The molecular formula is C20H30N2O4. The minimum atomic E-state index is -0.457. The van der Waals surface area contributed by atoms with Crippen LogP contribution in [0.2, 0.25) is 0 Å². The van der Waals surface area contributed by atoms with Crippen LogP contribution in [0.5, 0.6) is 0 Å². The SMILES string of the molecule is CC(C)(C)OC(=O)CCNC[C@@H]1CCCN1C(=O)OCc1ccccc1. The van der Waals surface area contributed by atoms with Crippen molar-refractivity contribution in [3.8, 4) is 0 Å². The van der Waals surface area contributed by atoms with Crippen molar-refractivity contribution in [3.05, 3.63) is 35.9 Å². The van der Waals surface area contributed by atoms with Gasteiger partial charge in [-0.2, -0.15) is 0 Å². The van der Waals surface area contributed by atoms with Crippen LogP contribution in [-0.2, 0) is 20.9 Å². The van der Waals surface area contributed by atoms with E-state index in [9.17, 15) is 9.59 Å². The summed E-state index contributed by atoms with van der Waals surface area (Å²) in [6.45, 7) is 7.77. The van der Waals surface area contributed by atoms with Crippen molar-refractivity contribution in [1.29, 1.82) is 0 Å². The average molecular weight is 362 g/mol. The smallest absolute Gasteiger partial charge is 0.410 e. The zero-order chi connectivity index (χ0) is 19.0. The van der Waals surface area contributed by atoms with Crippen molar-refractivity contribution in [2.75, 3.05) is 19.6 Å². The summed E-state index contributed by atoms with van der Waals surface area (Å²) >= 11 is 0. The zero-order valence-corrected chi connectivity index (χ0v) is 16.0. The van der Waals surface area contributed by atoms with Gasteiger partial charge in [0.2, 0.25) is 0 Å². The summed E-state index contributed by atoms with van der Waals surface area (Å²) in [4.78, 5) is 25.8. The number of hydrogen-bond acceptors (Lipinski definition) is 5. The molecule has 1 atom stereocenters. The van der Waals surface area contributed by atoms with Gasteiger partial charge in [-0.25, -0.2) is 4.79 Å². The summed E-state index contributed by atoms with van der Waals surface area (Å²) in [5.41, 5.74) is 0.522. The van der Waals surface area contributed by atoms with Crippen LogP contribution in [0.3, 0.4) is 0 Å². The van der Waals surface area contributed by atoms with E-state index >= 15 is 0 Å². The molecule has 0 spiro atoms. The van der Waals surface area contributed by atoms with E-state index in [1.807, 2.05) is 51.1 Å². The molecule has 1 aromatic rings. The predicted octanol–water partition coefficient (Wildman–Crippen LogP) is 3.11. The molecule has 1 amide bonds. The molecule has 0 aromatic heterocycles. The van der Waals surface area contributed by atoms with Crippen LogP contribution < -0.4 is 5.32 Å². The van der Waals surface area contributed by atoms with Crippen LogP contribution in [0.15, 0.2) is 30.3 Å². The Balaban J connectivity index is 1.68. The molecular weight excluding hydrogens is 332 g/mol. The minimum Gasteiger partial charge on any atom is -0.460 e. The lowest BCUT2D eigenvalue weighted by molar-refractivity contribution is -0.154. The summed E-state index contributed by atoms with van der Waals surface area (Å²) in [6.07, 6.45) is 1.96. The van der Waals surface area contributed by atoms with E-state index in [-0.39, 0.29) is 24.7 Å². The largest absolute Gasteiger partial charge is 0.460 e. The van der Waals surface area contributed by atoms with E-state index < -0.39 is 5.60 Å². The Morgan fingerprint density at radius 2 is 1.96 bits per heavy atom. The third-order valence-corrected chi connectivity index (χ3v) is 4.12. The van der Waals surface area contributed by atoms with Crippen molar-refractivity contribution in [1.82, 2.24) is 10.2 Å². The predicted molar refractivity (Wildman–Crippen MR) is 99.7 cm³/mol. The number of benzene rings is 1. The summed E-state index contributed by atoms with van der Waals surface area (Å²) in [6, 6.07) is 9.77. The molecule has 2 rings (SSSR count). The standard InChI is InChI=1S/C20H30N2O4/c1-20(2,3)26-18(23)11-12-21-14-17-10-7-13-22(17)19(24)25-15-16-8-5-4-6-9-16/h4-6,8-9,17,21H,7,10-15H2,1-3H3/t17-/m0/s1. The third kappa shape index (κ3) is 7.04. The second-order valence-electron chi connectivity index (χ2n) is 7.57. The lowest BCUT2D eigenvalue weighted by Gasteiger charge is -2.24. The molecule has 0 aliphatic carbocycles. The first-order chi connectivity index (χ1) is 12.3. The minimum absolute atomic E-state index is 0.108. The van der Waals surface area contributed by atoms with Gasteiger partial charge in [-0.05, 0) is 39.2 Å². The van der Waals surface area contributed by atoms with Gasteiger partial charge < -0.3 is 19.7 Å². The van der Waals surface area contributed by atoms with Crippen LogP contribution in [0.25, 0.3) is 0 Å². The van der Waals surface area contributed by atoms with Gasteiger partial charge in [-0.1, -0.05) is 30.3 Å². The Labute approximate surface area is 155 Å². The monoisotopic (exact) mass is 362 g/mol. The van der Waals surface area contributed by atoms with Crippen LogP contribution in [0.4, 0.5) is 4.79 Å². The third-order valence-electron chi connectivity index (χ3n) is 4.12. The van der Waals surface area contributed by atoms with Crippen LogP contribution in [0, 0.1) is 0 Å². The average Bonchev–Trinajstić information content (AvgIpc) is 3.04. The number of carbonyl (C=O) groups is 2. The molecule has 1 N–H and O–H groups in total. The van der Waals surface area contributed by atoms with Crippen LogP contribution >= 0.6 is 0 Å². The summed E-state index contributed by atoms with van der Waals surface area (Å²) in [7, 11) is 0. The number of nitrogens with one attached hydrogen (secondary N) is 1. The van der Waals surface area contributed by atoms with Gasteiger partial charge in [0, 0.05) is 25.7 Å². The van der Waals surface area contributed by atoms with E-state index in [2.05, 4.69) is 5.32 Å². The molecule has 1 saturated heterocycles. The Morgan fingerprint density at radius 1 is 1.23 bits per heavy atom. The highest BCUT2D eigenvalue weighted by Gasteiger charge is 2.29. The molecule has 1 aromatic carbocycles. The molecule has 1 fully saturated rings. The molecule has 1 heterocycles. The Bertz CT molecular complexity index is 583. The number of nitrogens with zero attached hydrogens (tertiary/aromatic N) is 1. The number of hydrogen-bond donors (Lipinski definition) is 1. The second-order valence-corrected chi connectivity index (χ2v) is 7.57. The van der Waals surface area contributed by atoms with Gasteiger partial charge in [0.15, 0.2) is 0 Å². The van der Waals surface area contributed by atoms with Gasteiger partial charge in [-0.3, -0.25) is 4.79 Å². The van der Waals surface area contributed by atoms with Crippen molar-refractivity contribution < 1.29 is 19.1 Å². The van der Waals surface area contributed by atoms with E-state index in [0.717, 1.165) is 18.4 Å². The van der Waals surface area contributed by atoms with Crippen molar-refractivity contribution in [3.63, 3.8) is 0 Å². The van der Waals surface area contributed by atoms with Gasteiger partial charge in [0.25, 0.3) is 0 Å². The molecule has 144 valence electrons. The number of esters is 1. The first kappa shape index (κ1) is 20.2. The first-order valence-electron chi connectivity index (χ1n) is 9.25. The second kappa shape index (κ2) is 9.57. The number of carbonyl (C=O) groups excluding carboxylic acids is 2. The fourth-order valence-corrected chi connectivity index (χ4v) is 2.94. The molecule has 0 saturated carbocycles. The van der Waals surface area contributed by atoms with E-state index in [4.69, 9.17) is 9.47 Å². The highest BCUT2D eigenvalue weighted by Crippen LogP contribution is 2.18. The topological polar surface area (TPSA) is 67.9 Å². The fourth-order valence-electron chi connectivity index (χ4n) is 2.94. The summed E-state index contributed by atoms with van der Waals surface area (Å²) in [5, 5.41) is 3.25. The Kier molecular flexibility index (Phi) is 7.45. The van der Waals surface area contributed by atoms with Crippen molar-refractivity contribution in [2.45, 2.75) is 58.3 Å². The quantitative estimate of drug-likeness (QED) is 0.596. The summed E-state index contributed by atoms with van der Waals surface area (Å²) in [5.74, 6) is -0.212. The molecule has 1 aliphatic rings. The van der Waals surface area contributed by atoms with E-state index in [1.54, 1.807) is 4.90 Å². The molecule has 26 heavy (non-hydrogen) atoms. The van der Waals surface area contributed by atoms with Crippen molar-refractivity contribution >= 4 is 12.1 Å². The van der Waals surface area contributed by atoms with E-state index in [1.165, 1.54) is 0 Å². The van der Waals surface area contributed by atoms with Gasteiger partial charge in [0.05, 0.1) is 6.42 Å². The fraction of sp³-hybridized carbons (Fsp3) is 0.600. The molecule has 0 radical (unpaired) electrons.